The van der Waals surface area contributed by atoms with E-state index in [9.17, 15) is 18.0 Å². The summed E-state index contributed by atoms with van der Waals surface area (Å²) in [6.07, 6.45) is 9.00. The van der Waals surface area contributed by atoms with Crippen LogP contribution in [-0.4, -0.2) is 66.6 Å². The SMILES string of the molecule is CC1CCN(C(=O)c2cc(S(=O)(=O)N3CCC[C@H](C(=O)NC4CCCC4)C3)c[nH]2)CC1. The molecule has 3 aliphatic rings. The highest BCUT2D eigenvalue weighted by atomic mass is 32.2. The number of aromatic amines is 1. The molecule has 31 heavy (non-hydrogen) atoms. The highest BCUT2D eigenvalue weighted by molar-refractivity contribution is 7.89. The highest BCUT2D eigenvalue weighted by Crippen LogP contribution is 2.26. The number of sulfonamides is 1. The quantitative estimate of drug-likeness (QED) is 0.719. The lowest BCUT2D eigenvalue weighted by atomic mass is 9.98. The molecule has 1 aromatic rings. The maximum atomic E-state index is 13.2. The van der Waals surface area contributed by atoms with Crippen LogP contribution >= 0.6 is 0 Å². The monoisotopic (exact) mass is 450 g/mol. The first-order chi connectivity index (χ1) is 14.8. The first-order valence-electron chi connectivity index (χ1n) is 11.6. The van der Waals surface area contributed by atoms with Crippen molar-refractivity contribution < 1.29 is 18.0 Å². The van der Waals surface area contributed by atoms with Crippen LogP contribution in [0, 0.1) is 11.8 Å². The molecule has 0 radical (unpaired) electrons. The van der Waals surface area contributed by atoms with Gasteiger partial charge in [-0.05, 0) is 50.5 Å². The number of amides is 2. The van der Waals surface area contributed by atoms with Gasteiger partial charge in [0.05, 0.1) is 5.92 Å². The summed E-state index contributed by atoms with van der Waals surface area (Å²) in [6.45, 7) is 4.17. The zero-order valence-electron chi connectivity index (χ0n) is 18.3. The largest absolute Gasteiger partial charge is 0.356 e. The normalized spacial score (nSPS) is 24.4. The molecule has 0 bridgehead atoms. The molecular weight excluding hydrogens is 416 g/mol. The van der Waals surface area contributed by atoms with Gasteiger partial charge in [0.15, 0.2) is 0 Å². The van der Waals surface area contributed by atoms with Crippen LogP contribution in [0.3, 0.4) is 0 Å². The van der Waals surface area contributed by atoms with E-state index in [0.717, 1.165) is 38.5 Å². The molecule has 3 fully saturated rings. The summed E-state index contributed by atoms with van der Waals surface area (Å²) in [6, 6.07) is 1.67. The second-order valence-electron chi connectivity index (χ2n) is 9.42. The van der Waals surface area contributed by atoms with Crippen molar-refractivity contribution in [2.75, 3.05) is 26.2 Å². The Kier molecular flexibility index (Phi) is 6.71. The first-order valence-corrected chi connectivity index (χ1v) is 13.1. The van der Waals surface area contributed by atoms with Gasteiger partial charge in [-0.2, -0.15) is 4.31 Å². The van der Waals surface area contributed by atoms with Gasteiger partial charge in [0.1, 0.15) is 10.6 Å². The fourth-order valence-electron chi connectivity index (χ4n) is 4.94. The molecule has 2 amide bonds. The molecule has 1 aromatic heterocycles. The number of nitrogens with zero attached hydrogens (tertiary/aromatic N) is 2. The number of hydrogen-bond donors (Lipinski definition) is 2. The maximum Gasteiger partial charge on any atom is 0.270 e. The lowest BCUT2D eigenvalue weighted by Gasteiger charge is -2.31. The predicted octanol–water partition coefficient (Wildman–Crippen LogP) is 2.35. The van der Waals surface area contributed by atoms with E-state index in [2.05, 4.69) is 17.2 Å². The number of likely N-dealkylation sites (tertiary alicyclic amines) is 1. The Balaban J connectivity index is 1.40. The Bertz CT molecular complexity index is 898. The number of carbonyl (C=O) groups excluding carboxylic acids is 2. The molecule has 9 heteroatoms. The van der Waals surface area contributed by atoms with Crippen LogP contribution in [0.25, 0.3) is 0 Å². The minimum Gasteiger partial charge on any atom is -0.356 e. The van der Waals surface area contributed by atoms with E-state index in [-0.39, 0.29) is 35.2 Å². The van der Waals surface area contributed by atoms with Crippen LogP contribution in [0.1, 0.15) is 68.8 Å². The summed E-state index contributed by atoms with van der Waals surface area (Å²) in [5.41, 5.74) is 0.306. The Hall–Kier alpha value is -1.87. The number of piperidine rings is 2. The summed E-state index contributed by atoms with van der Waals surface area (Å²) in [7, 11) is -3.76. The van der Waals surface area contributed by atoms with Crippen molar-refractivity contribution in [3.63, 3.8) is 0 Å². The second-order valence-corrected chi connectivity index (χ2v) is 11.4. The molecule has 1 aliphatic carbocycles. The molecule has 2 aliphatic heterocycles. The molecule has 1 atom stereocenters. The number of carbonyl (C=O) groups is 2. The van der Waals surface area contributed by atoms with Gasteiger partial charge >= 0.3 is 0 Å². The van der Waals surface area contributed by atoms with Crippen LogP contribution in [0.4, 0.5) is 0 Å². The number of nitrogens with one attached hydrogen (secondary N) is 2. The molecule has 1 saturated carbocycles. The van der Waals surface area contributed by atoms with Crippen molar-refractivity contribution >= 4 is 21.8 Å². The van der Waals surface area contributed by atoms with Gasteiger partial charge in [-0.3, -0.25) is 9.59 Å². The van der Waals surface area contributed by atoms with Crippen molar-refractivity contribution in [3.8, 4) is 0 Å². The van der Waals surface area contributed by atoms with Crippen molar-refractivity contribution in [2.24, 2.45) is 11.8 Å². The summed E-state index contributed by atoms with van der Waals surface area (Å²) in [4.78, 5) is 30.2. The Morgan fingerprint density at radius 2 is 1.74 bits per heavy atom. The lowest BCUT2D eigenvalue weighted by molar-refractivity contribution is -0.126. The van der Waals surface area contributed by atoms with Crippen LogP contribution in [0.2, 0.25) is 0 Å². The fraction of sp³-hybridized carbons (Fsp3) is 0.727. The van der Waals surface area contributed by atoms with Crippen LogP contribution in [0.15, 0.2) is 17.2 Å². The van der Waals surface area contributed by atoms with Crippen molar-refractivity contribution in [3.05, 3.63) is 18.0 Å². The second kappa shape index (κ2) is 9.32. The number of aromatic nitrogens is 1. The van der Waals surface area contributed by atoms with E-state index >= 15 is 0 Å². The third-order valence-electron chi connectivity index (χ3n) is 7.05. The first kappa shape index (κ1) is 22.3. The summed E-state index contributed by atoms with van der Waals surface area (Å²) in [5, 5.41) is 3.10. The van der Waals surface area contributed by atoms with Gasteiger partial charge in [0.25, 0.3) is 5.91 Å². The van der Waals surface area contributed by atoms with Crippen molar-refractivity contribution in [1.29, 1.82) is 0 Å². The molecule has 2 N–H and O–H groups in total. The average molecular weight is 451 g/mol. The predicted molar refractivity (Wildman–Crippen MR) is 117 cm³/mol. The van der Waals surface area contributed by atoms with Crippen molar-refractivity contribution in [2.45, 2.75) is 69.2 Å². The topological polar surface area (TPSA) is 103 Å². The van der Waals surface area contributed by atoms with E-state index in [0.29, 0.717) is 44.1 Å². The van der Waals surface area contributed by atoms with Gasteiger partial charge in [0, 0.05) is 38.4 Å². The molecule has 172 valence electrons. The standard InChI is InChI=1S/C22H34N4O4S/c1-16-8-11-25(12-9-16)22(28)20-13-19(14-23-20)31(29,30)26-10-4-5-17(15-26)21(27)24-18-6-2-3-7-18/h13-14,16-18,23H,2-12,15H2,1H3,(H,24,27)/t17-/m0/s1. The molecule has 3 heterocycles. The van der Waals surface area contributed by atoms with Gasteiger partial charge in [0.2, 0.25) is 15.9 Å². The molecule has 0 unspecified atom stereocenters. The van der Waals surface area contributed by atoms with E-state index < -0.39 is 10.0 Å². The van der Waals surface area contributed by atoms with Crippen LogP contribution in [-0.2, 0) is 14.8 Å². The zero-order valence-corrected chi connectivity index (χ0v) is 19.1. The number of rotatable bonds is 5. The highest BCUT2D eigenvalue weighted by Gasteiger charge is 2.35. The Morgan fingerprint density at radius 3 is 2.45 bits per heavy atom. The van der Waals surface area contributed by atoms with Gasteiger partial charge < -0.3 is 15.2 Å². The average Bonchev–Trinajstić information content (AvgIpc) is 3.46. The molecule has 8 nitrogen and oxygen atoms in total. The van der Waals surface area contributed by atoms with Crippen LogP contribution < -0.4 is 5.32 Å². The summed E-state index contributed by atoms with van der Waals surface area (Å²) >= 11 is 0. The minimum atomic E-state index is -3.76. The maximum absolute atomic E-state index is 13.2. The lowest BCUT2D eigenvalue weighted by Crippen LogP contribution is -2.47. The fourth-order valence-corrected chi connectivity index (χ4v) is 6.46. The smallest absolute Gasteiger partial charge is 0.270 e. The molecule has 2 saturated heterocycles. The Morgan fingerprint density at radius 1 is 1.03 bits per heavy atom. The van der Waals surface area contributed by atoms with Gasteiger partial charge in [-0.25, -0.2) is 8.42 Å². The number of H-pyrrole nitrogens is 1. The molecule has 0 spiro atoms. The van der Waals surface area contributed by atoms with E-state index in [1.54, 1.807) is 4.90 Å². The molecule has 0 aromatic carbocycles. The molecular formula is C22H34N4O4S. The van der Waals surface area contributed by atoms with E-state index in [1.165, 1.54) is 16.6 Å². The third-order valence-corrected chi connectivity index (χ3v) is 8.89. The Labute approximate surface area is 184 Å². The summed E-state index contributed by atoms with van der Waals surface area (Å²) in [5.74, 6) is 0.109. The van der Waals surface area contributed by atoms with E-state index in [1.807, 2.05) is 0 Å². The zero-order chi connectivity index (χ0) is 22.0. The van der Waals surface area contributed by atoms with Gasteiger partial charge in [-0.15, -0.1) is 0 Å². The van der Waals surface area contributed by atoms with E-state index in [4.69, 9.17) is 0 Å². The summed E-state index contributed by atoms with van der Waals surface area (Å²) < 4.78 is 27.8. The van der Waals surface area contributed by atoms with Crippen LogP contribution in [0.5, 0.6) is 0 Å². The van der Waals surface area contributed by atoms with Crippen molar-refractivity contribution in [1.82, 2.24) is 19.5 Å². The van der Waals surface area contributed by atoms with Gasteiger partial charge in [-0.1, -0.05) is 19.8 Å². The molecule has 4 rings (SSSR count). The minimum absolute atomic E-state index is 0.0314. The third kappa shape index (κ3) is 4.98. The number of hydrogen-bond acceptors (Lipinski definition) is 4.